The van der Waals surface area contributed by atoms with E-state index in [-0.39, 0.29) is 11.8 Å². The van der Waals surface area contributed by atoms with Gasteiger partial charge in [0.2, 0.25) is 0 Å². The molecule has 100 valence electrons. The molecule has 0 spiro atoms. The largest absolute Gasteiger partial charge is 0.466 e. The average Bonchev–Trinajstić information content (AvgIpc) is 2.36. The molecule has 0 bridgehead atoms. The number of esters is 1. The lowest BCUT2D eigenvalue weighted by molar-refractivity contribution is -0.143. The Hall–Kier alpha value is -1.42. The normalized spacial score (nSPS) is 10.3. The Balaban J connectivity index is 2.02. The molecule has 0 fully saturated rings. The fourth-order valence-corrected chi connectivity index (χ4v) is 1.49. The quantitative estimate of drug-likeness (QED) is 0.572. The molecule has 0 aromatic heterocycles. The molecule has 0 amide bonds. The molecule has 4 heteroatoms. The number of ether oxygens (including phenoxy) is 1. The van der Waals surface area contributed by atoms with Crippen LogP contribution in [0.2, 0.25) is 0 Å². The molecule has 0 aliphatic rings. The van der Waals surface area contributed by atoms with E-state index in [2.05, 4.69) is 5.32 Å². The second kappa shape index (κ2) is 8.64. The Morgan fingerprint density at radius 3 is 2.72 bits per heavy atom. The van der Waals surface area contributed by atoms with Gasteiger partial charge in [-0.1, -0.05) is 19.1 Å². The summed E-state index contributed by atoms with van der Waals surface area (Å²) in [4.78, 5) is 11.1. The van der Waals surface area contributed by atoms with Crippen LogP contribution in [0.1, 0.15) is 31.7 Å². The molecule has 0 saturated heterocycles. The molecule has 1 aromatic rings. The number of hydrogen-bond donors (Lipinski definition) is 1. The van der Waals surface area contributed by atoms with Crippen LogP contribution in [0.25, 0.3) is 0 Å². The first-order chi connectivity index (χ1) is 8.72. The third-order valence-corrected chi connectivity index (χ3v) is 2.46. The van der Waals surface area contributed by atoms with Gasteiger partial charge in [-0.25, -0.2) is 4.39 Å². The molecular weight excluding hydrogens is 233 g/mol. The van der Waals surface area contributed by atoms with Gasteiger partial charge in [0.1, 0.15) is 5.82 Å². The molecule has 0 heterocycles. The summed E-state index contributed by atoms with van der Waals surface area (Å²) in [5.74, 6) is -0.349. The van der Waals surface area contributed by atoms with Crippen LogP contribution < -0.4 is 5.32 Å². The van der Waals surface area contributed by atoms with Crippen LogP contribution in [0, 0.1) is 5.82 Å². The topological polar surface area (TPSA) is 38.3 Å². The van der Waals surface area contributed by atoms with Gasteiger partial charge in [-0.3, -0.25) is 4.79 Å². The van der Waals surface area contributed by atoms with E-state index in [9.17, 15) is 9.18 Å². The second-order valence-corrected chi connectivity index (χ2v) is 4.13. The summed E-state index contributed by atoms with van der Waals surface area (Å²) in [6, 6.07) is 6.40. The minimum atomic E-state index is -0.221. The van der Waals surface area contributed by atoms with Crippen LogP contribution in [0.3, 0.4) is 0 Å². The molecule has 0 radical (unpaired) electrons. The molecule has 0 aliphatic carbocycles. The summed E-state index contributed by atoms with van der Waals surface area (Å²) in [6.45, 7) is 3.88. The molecule has 0 saturated carbocycles. The van der Waals surface area contributed by atoms with E-state index in [4.69, 9.17) is 4.74 Å². The van der Waals surface area contributed by atoms with Crippen molar-refractivity contribution in [1.82, 2.24) is 5.32 Å². The van der Waals surface area contributed by atoms with Crippen molar-refractivity contribution in [2.24, 2.45) is 0 Å². The molecule has 0 unspecified atom stereocenters. The summed E-state index contributed by atoms with van der Waals surface area (Å²) in [5.41, 5.74) is 1.04. The van der Waals surface area contributed by atoms with Gasteiger partial charge in [0.05, 0.1) is 6.61 Å². The van der Waals surface area contributed by atoms with E-state index in [0.29, 0.717) is 19.6 Å². The van der Waals surface area contributed by atoms with Gasteiger partial charge in [-0.15, -0.1) is 0 Å². The van der Waals surface area contributed by atoms with Gasteiger partial charge < -0.3 is 10.1 Å². The summed E-state index contributed by atoms with van der Waals surface area (Å²) in [5, 5.41) is 3.21. The van der Waals surface area contributed by atoms with Crippen molar-refractivity contribution in [3.8, 4) is 0 Å². The van der Waals surface area contributed by atoms with Crippen LogP contribution in [0.4, 0.5) is 4.39 Å². The van der Waals surface area contributed by atoms with Crippen LogP contribution in [0.15, 0.2) is 24.3 Å². The van der Waals surface area contributed by atoms with Gasteiger partial charge >= 0.3 is 5.97 Å². The van der Waals surface area contributed by atoms with Gasteiger partial charge in [-0.05, 0) is 37.1 Å². The highest BCUT2D eigenvalue weighted by Gasteiger charge is 1.99. The van der Waals surface area contributed by atoms with Crippen LogP contribution >= 0.6 is 0 Å². The molecule has 0 atom stereocenters. The maximum absolute atomic E-state index is 12.6. The van der Waals surface area contributed by atoms with E-state index in [1.54, 1.807) is 12.1 Å². The molecule has 1 rings (SSSR count). The summed E-state index contributed by atoms with van der Waals surface area (Å²) < 4.78 is 17.7. The minimum absolute atomic E-state index is 0.129. The van der Waals surface area contributed by atoms with E-state index in [0.717, 1.165) is 24.9 Å². The third-order valence-electron chi connectivity index (χ3n) is 2.46. The predicted octanol–water partition coefficient (Wildman–Crippen LogP) is 2.65. The maximum Gasteiger partial charge on any atom is 0.305 e. The van der Waals surface area contributed by atoms with Crippen LogP contribution in [0.5, 0.6) is 0 Å². The lowest BCUT2D eigenvalue weighted by Gasteiger charge is -2.06. The van der Waals surface area contributed by atoms with Gasteiger partial charge in [-0.2, -0.15) is 0 Å². The molecule has 1 N–H and O–H groups in total. The first kappa shape index (κ1) is 14.6. The van der Waals surface area contributed by atoms with Crippen LogP contribution in [-0.2, 0) is 16.1 Å². The molecular formula is C14H20FNO2. The third kappa shape index (κ3) is 6.35. The zero-order valence-electron chi connectivity index (χ0n) is 10.7. The summed E-state index contributed by atoms with van der Waals surface area (Å²) in [6.07, 6.45) is 2.10. The van der Waals surface area contributed by atoms with Crippen molar-refractivity contribution < 1.29 is 13.9 Å². The average molecular weight is 253 g/mol. The van der Waals surface area contributed by atoms with E-state index in [1.807, 2.05) is 6.92 Å². The Morgan fingerprint density at radius 2 is 2.06 bits per heavy atom. The SMILES string of the molecule is CCCC(=O)OCCCNCc1ccc(F)cc1. The Morgan fingerprint density at radius 1 is 1.33 bits per heavy atom. The zero-order valence-corrected chi connectivity index (χ0v) is 10.7. The Bertz CT molecular complexity index is 351. The van der Waals surface area contributed by atoms with Gasteiger partial charge in [0, 0.05) is 13.0 Å². The fourth-order valence-electron chi connectivity index (χ4n) is 1.49. The van der Waals surface area contributed by atoms with Gasteiger partial charge in [0.15, 0.2) is 0 Å². The number of carbonyl (C=O) groups excluding carboxylic acids is 1. The fraction of sp³-hybridized carbons (Fsp3) is 0.500. The molecule has 18 heavy (non-hydrogen) atoms. The molecule has 3 nitrogen and oxygen atoms in total. The highest BCUT2D eigenvalue weighted by molar-refractivity contribution is 5.69. The highest BCUT2D eigenvalue weighted by atomic mass is 19.1. The maximum atomic E-state index is 12.6. The molecule has 1 aromatic carbocycles. The number of hydrogen-bond acceptors (Lipinski definition) is 3. The summed E-state index contributed by atoms with van der Waals surface area (Å²) in [7, 11) is 0. The lowest BCUT2D eigenvalue weighted by atomic mass is 10.2. The van der Waals surface area contributed by atoms with E-state index < -0.39 is 0 Å². The molecule has 0 aliphatic heterocycles. The Labute approximate surface area is 107 Å². The van der Waals surface area contributed by atoms with Crippen molar-refractivity contribution >= 4 is 5.97 Å². The lowest BCUT2D eigenvalue weighted by Crippen LogP contribution is -2.17. The standard InChI is InChI=1S/C14H20FNO2/c1-2-4-14(17)18-10-3-9-16-11-12-5-7-13(15)8-6-12/h5-8,16H,2-4,9-11H2,1H3. The Kier molecular flexibility index (Phi) is 7.03. The monoisotopic (exact) mass is 253 g/mol. The number of nitrogens with one attached hydrogen (secondary N) is 1. The van der Waals surface area contributed by atoms with Crippen LogP contribution in [-0.4, -0.2) is 19.1 Å². The predicted molar refractivity (Wildman–Crippen MR) is 68.6 cm³/mol. The first-order valence-corrected chi connectivity index (χ1v) is 6.33. The van der Waals surface area contributed by atoms with E-state index >= 15 is 0 Å². The summed E-state index contributed by atoms with van der Waals surface area (Å²) >= 11 is 0. The van der Waals surface area contributed by atoms with Gasteiger partial charge in [0.25, 0.3) is 0 Å². The number of rotatable bonds is 8. The number of halogens is 1. The van der Waals surface area contributed by atoms with Crippen molar-refractivity contribution in [3.63, 3.8) is 0 Å². The smallest absolute Gasteiger partial charge is 0.305 e. The minimum Gasteiger partial charge on any atom is -0.466 e. The van der Waals surface area contributed by atoms with E-state index in [1.165, 1.54) is 12.1 Å². The van der Waals surface area contributed by atoms with Crippen molar-refractivity contribution in [1.29, 1.82) is 0 Å². The van der Waals surface area contributed by atoms with Crippen molar-refractivity contribution in [3.05, 3.63) is 35.6 Å². The van der Waals surface area contributed by atoms with Crippen molar-refractivity contribution in [2.45, 2.75) is 32.7 Å². The number of carbonyl (C=O) groups is 1. The first-order valence-electron chi connectivity index (χ1n) is 6.33. The zero-order chi connectivity index (χ0) is 13.2. The number of benzene rings is 1. The van der Waals surface area contributed by atoms with Crippen molar-refractivity contribution in [2.75, 3.05) is 13.2 Å². The second-order valence-electron chi connectivity index (χ2n) is 4.13. The highest BCUT2D eigenvalue weighted by Crippen LogP contribution is 2.01.